The molecule has 0 aliphatic carbocycles. The highest BCUT2D eigenvalue weighted by atomic mass is 32.2. The third kappa shape index (κ3) is 4.29. The van der Waals surface area contributed by atoms with Gasteiger partial charge in [0.1, 0.15) is 17.3 Å². The van der Waals surface area contributed by atoms with E-state index in [0.717, 1.165) is 22.2 Å². The Hall–Kier alpha value is -3.65. The van der Waals surface area contributed by atoms with E-state index in [0.29, 0.717) is 22.6 Å². The highest BCUT2D eigenvalue weighted by Crippen LogP contribution is 2.34. The zero-order valence-corrected chi connectivity index (χ0v) is 17.1. The first-order chi connectivity index (χ1) is 14.8. The second kappa shape index (κ2) is 8.23. The van der Waals surface area contributed by atoms with Gasteiger partial charge in [0.2, 0.25) is 0 Å². The lowest BCUT2D eigenvalue weighted by Crippen LogP contribution is -2.27. The van der Waals surface area contributed by atoms with Gasteiger partial charge in [0.05, 0.1) is 17.0 Å². The molecule has 1 N–H and O–H groups in total. The smallest absolute Gasteiger partial charge is 0.335 e. The third-order valence-electron chi connectivity index (χ3n) is 4.78. The molecule has 0 spiro atoms. The average Bonchev–Trinajstić information content (AvgIpc) is 3.30. The number of halogens is 1. The Morgan fingerprint density at radius 3 is 2.58 bits per heavy atom. The SMILES string of the molecule is Cc1ccc(C(=O)O)cc1-c1ccc(C=C2SC(=O)N(Cc3ccc(F)cc3)C2=O)o1. The van der Waals surface area contributed by atoms with Crippen LogP contribution >= 0.6 is 11.8 Å². The molecule has 0 radical (unpaired) electrons. The van der Waals surface area contributed by atoms with Gasteiger partial charge in [0.15, 0.2) is 0 Å². The summed E-state index contributed by atoms with van der Waals surface area (Å²) in [5.41, 5.74) is 2.24. The largest absolute Gasteiger partial charge is 0.478 e. The Balaban J connectivity index is 1.56. The molecule has 6 nitrogen and oxygen atoms in total. The van der Waals surface area contributed by atoms with Gasteiger partial charge in [-0.25, -0.2) is 9.18 Å². The van der Waals surface area contributed by atoms with Crippen molar-refractivity contribution in [2.24, 2.45) is 0 Å². The van der Waals surface area contributed by atoms with Crippen LogP contribution in [0.4, 0.5) is 9.18 Å². The van der Waals surface area contributed by atoms with Crippen molar-refractivity contribution < 1.29 is 28.3 Å². The Kier molecular flexibility index (Phi) is 5.48. The molecule has 1 aliphatic heterocycles. The maximum Gasteiger partial charge on any atom is 0.335 e. The molecular weight excluding hydrogens is 421 g/mol. The average molecular weight is 437 g/mol. The van der Waals surface area contributed by atoms with Crippen LogP contribution in [0.25, 0.3) is 17.4 Å². The number of hydrogen-bond donors (Lipinski definition) is 1. The standard InChI is InChI=1S/C23H16FNO5S/c1-13-2-5-15(22(27)28)10-18(13)19-9-8-17(30-19)11-20-21(26)25(23(29)31-20)12-14-3-6-16(24)7-4-14/h2-11H,12H2,1H3,(H,27,28). The van der Waals surface area contributed by atoms with Gasteiger partial charge in [0, 0.05) is 11.6 Å². The van der Waals surface area contributed by atoms with E-state index in [-0.39, 0.29) is 17.0 Å². The van der Waals surface area contributed by atoms with Crippen LogP contribution in [0.1, 0.15) is 27.2 Å². The lowest BCUT2D eigenvalue weighted by molar-refractivity contribution is -0.123. The molecule has 0 saturated carbocycles. The van der Waals surface area contributed by atoms with Crippen LogP contribution < -0.4 is 0 Å². The molecule has 1 aromatic heterocycles. The number of carbonyl (C=O) groups is 3. The molecule has 1 saturated heterocycles. The number of furan rings is 1. The van der Waals surface area contributed by atoms with E-state index < -0.39 is 22.9 Å². The zero-order chi connectivity index (χ0) is 22.1. The van der Waals surface area contributed by atoms with E-state index >= 15 is 0 Å². The third-order valence-corrected chi connectivity index (χ3v) is 5.69. The number of amides is 2. The normalized spacial score (nSPS) is 15.2. The van der Waals surface area contributed by atoms with Gasteiger partial charge in [-0.15, -0.1) is 0 Å². The molecule has 156 valence electrons. The van der Waals surface area contributed by atoms with E-state index in [1.807, 2.05) is 6.92 Å². The Morgan fingerprint density at radius 2 is 1.87 bits per heavy atom. The van der Waals surface area contributed by atoms with Crippen LogP contribution in [0.15, 0.2) is 63.9 Å². The van der Waals surface area contributed by atoms with Crippen LogP contribution in [0, 0.1) is 12.7 Å². The minimum absolute atomic E-state index is 0.0485. The van der Waals surface area contributed by atoms with Crippen molar-refractivity contribution in [1.29, 1.82) is 0 Å². The van der Waals surface area contributed by atoms with Crippen molar-refractivity contribution in [3.63, 3.8) is 0 Å². The van der Waals surface area contributed by atoms with Gasteiger partial charge < -0.3 is 9.52 Å². The molecule has 0 bridgehead atoms. The van der Waals surface area contributed by atoms with Crippen LogP contribution in [0.5, 0.6) is 0 Å². The number of nitrogens with zero attached hydrogens (tertiary/aromatic N) is 1. The number of imide groups is 1. The maximum atomic E-state index is 13.1. The summed E-state index contributed by atoms with van der Waals surface area (Å²) in [5, 5.41) is 8.79. The monoisotopic (exact) mass is 437 g/mol. The Bertz CT molecular complexity index is 1230. The Labute approximate surface area is 181 Å². The highest BCUT2D eigenvalue weighted by molar-refractivity contribution is 8.18. The predicted molar refractivity (Wildman–Crippen MR) is 114 cm³/mol. The van der Waals surface area contributed by atoms with Gasteiger partial charge in [-0.1, -0.05) is 18.2 Å². The van der Waals surface area contributed by atoms with Crippen molar-refractivity contribution in [3.8, 4) is 11.3 Å². The van der Waals surface area contributed by atoms with Gasteiger partial charge in [-0.05, 0) is 66.2 Å². The summed E-state index contributed by atoms with van der Waals surface area (Å²) in [7, 11) is 0. The van der Waals surface area contributed by atoms with Crippen molar-refractivity contribution in [3.05, 3.63) is 87.8 Å². The highest BCUT2D eigenvalue weighted by Gasteiger charge is 2.35. The van der Waals surface area contributed by atoms with E-state index in [1.165, 1.54) is 42.5 Å². The first kappa shape index (κ1) is 20.6. The number of hydrogen-bond acceptors (Lipinski definition) is 5. The summed E-state index contributed by atoms with van der Waals surface area (Å²) in [5.74, 6) is -1.07. The second-order valence-electron chi connectivity index (χ2n) is 6.93. The van der Waals surface area contributed by atoms with Gasteiger partial charge in [-0.3, -0.25) is 14.5 Å². The molecule has 8 heteroatoms. The quantitative estimate of drug-likeness (QED) is 0.543. The molecule has 0 unspecified atom stereocenters. The summed E-state index contributed by atoms with van der Waals surface area (Å²) in [6.45, 7) is 1.89. The van der Waals surface area contributed by atoms with Gasteiger partial charge >= 0.3 is 5.97 Å². The minimum atomic E-state index is -1.04. The van der Waals surface area contributed by atoms with Crippen molar-refractivity contribution in [1.82, 2.24) is 4.90 Å². The number of aryl methyl sites for hydroxylation is 1. The molecule has 4 rings (SSSR count). The summed E-state index contributed by atoms with van der Waals surface area (Å²) in [4.78, 5) is 37.5. The van der Waals surface area contributed by atoms with Crippen LogP contribution in [-0.2, 0) is 11.3 Å². The summed E-state index contributed by atoms with van der Waals surface area (Å²) in [6.07, 6.45) is 1.48. The summed E-state index contributed by atoms with van der Waals surface area (Å²) < 4.78 is 18.9. The number of carbonyl (C=O) groups excluding carboxylic acids is 2. The van der Waals surface area contributed by atoms with Gasteiger partial charge in [0.25, 0.3) is 11.1 Å². The van der Waals surface area contributed by atoms with E-state index in [4.69, 9.17) is 4.42 Å². The van der Waals surface area contributed by atoms with E-state index in [2.05, 4.69) is 0 Å². The predicted octanol–water partition coefficient (Wildman–Crippen LogP) is 5.33. The molecule has 0 atom stereocenters. The lowest BCUT2D eigenvalue weighted by Gasteiger charge is -2.12. The number of benzene rings is 2. The Morgan fingerprint density at radius 1 is 1.13 bits per heavy atom. The van der Waals surface area contributed by atoms with E-state index in [9.17, 15) is 23.9 Å². The molecule has 3 aromatic rings. The number of rotatable bonds is 5. The summed E-state index contributed by atoms with van der Waals surface area (Å²) >= 11 is 0.800. The fourth-order valence-corrected chi connectivity index (χ4v) is 3.95. The van der Waals surface area contributed by atoms with Crippen LogP contribution in [0.3, 0.4) is 0 Å². The maximum absolute atomic E-state index is 13.1. The zero-order valence-electron chi connectivity index (χ0n) is 16.3. The molecule has 1 aliphatic rings. The molecule has 2 heterocycles. The molecule has 2 aromatic carbocycles. The lowest BCUT2D eigenvalue weighted by atomic mass is 10.0. The minimum Gasteiger partial charge on any atom is -0.478 e. The fourth-order valence-electron chi connectivity index (χ4n) is 3.13. The first-order valence-electron chi connectivity index (χ1n) is 9.26. The first-order valence-corrected chi connectivity index (χ1v) is 10.1. The molecule has 1 fully saturated rings. The fraction of sp³-hybridized carbons (Fsp3) is 0.0870. The van der Waals surface area contributed by atoms with Crippen molar-refractivity contribution in [2.45, 2.75) is 13.5 Å². The second-order valence-corrected chi connectivity index (χ2v) is 7.92. The van der Waals surface area contributed by atoms with E-state index in [1.54, 1.807) is 18.2 Å². The molecule has 2 amide bonds. The van der Waals surface area contributed by atoms with Gasteiger partial charge in [-0.2, -0.15) is 0 Å². The number of carboxylic acids is 1. The number of aromatic carboxylic acids is 1. The summed E-state index contributed by atoms with van der Waals surface area (Å²) in [6, 6.07) is 13.7. The van der Waals surface area contributed by atoms with Crippen molar-refractivity contribution in [2.75, 3.05) is 0 Å². The van der Waals surface area contributed by atoms with Crippen LogP contribution in [0.2, 0.25) is 0 Å². The topological polar surface area (TPSA) is 87.8 Å². The molecule has 31 heavy (non-hydrogen) atoms. The van der Waals surface area contributed by atoms with Crippen molar-refractivity contribution >= 4 is 35.0 Å². The van der Waals surface area contributed by atoms with Crippen LogP contribution in [-0.4, -0.2) is 27.1 Å². The number of thioether (sulfide) groups is 1. The molecular formula is C23H16FNO5S. The number of carboxylic acid groups (broad SMARTS) is 1.